The van der Waals surface area contributed by atoms with Gasteiger partial charge in [0.05, 0.1) is 11.2 Å². The number of anilines is 1. The van der Waals surface area contributed by atoms with Crippen molar-refractivity contribution >= 4 is 17.9 Å². The highest BCUT2D eigenvalue weighted by Gasteiger charge is 2.80. The fraction of sp³-hybridized carbons (Fsp3) is 0.639. The number of rotatable bonds is 6. The third kappa shape index (κ3) is 3.83. The van der Waals surface area contributed by atoms with Crippen LogP contribution >= 0.6 is 0 Å². The van der Waals surface area contributed by atoms with E-state index in [1.807, 2.05) is 6.07 Å². The number of aliphatic hydroxyl groups is 1. The Morgan fingerprint density at radius 1 is 1.13 bits per heavy atom. The van der Waals surface area contributed by atoms with Crippen LogP contribution in [0.3, 0.4) is 0 Å². The van der Waals surface area contributed by atoms with Crippen molar-refractivity contribution in [3.63, 3.8) is 0 Å². The van der Waals surface area contributed by atoms with Crippen molar-refractivity contribution in [1.82, 2.24) is 9.88 Å². The maximum Gasteiger partial charge on any atom is 0.418 e. The summed E-state index contributed by atoms with van der Waals surface area (Å²) in [6.45, 7) is 13.1. The van der Waals surface area contributed by atoms with Gasteiger partial charge in [0.2, 0.25) is 0 Å². The molecule has 1 saturated heterocycles. The van der Waals surface area contributed by atoms with E-state index in [-0.39, 0.29) is 45.1 Å². The number of nitrogens with one attached hydrogen (secondary N) is 1. The van der Waals surface area contributed by atoms with Crippen LogP contribution in [-0.4, -0.2) is 63.0 Å². The van der Waals surface area contributed by atoms with Gasteiger partial charge in [0.15, 0.2) is 11.5 Å². The fourth-order valence-electron chi connectivity index (χ4n) is 10.6. The van der Waals surface area contributed by atoms with Gasteiger partial charge in [-0.25, -0.2) is 14.6 Å². The van der Waals surface area contributed by atoms with Gasteiger partial charge >= 0.3 is 12.1 Å². The Bertz CT molecular complexity index is 1590. The van der Waals surface area contributed by atoms with Crippen LogP contribution in [0.25, 0.3) is 0 Å². The van der Waals surface area contributed by atoms with E-state index in [2.05, 4.69) is 55.9 Å². The van der Waals surface area contributed by atoms with Crippen molar-refractivity contribution in [3.8, 4) is 11.5 Å². The minimum Gasteiger partial charge on any atom is -0.485 e. The number of hydrogen-bond acceptors (Lipinski definition) is 7. The van der Waals surface area contributed by atoms with E-state index in [1.54, 1.807) is 0 Å². The molecule has 7 atom stereocenters. The van der Waals surface area contributed by atoms with Crippen LogP contribution in [0, 0.1) is 28.1 Å². The lowest BCUT2D eigenvalue weighted by molar-refractivity contribution is -0.276. The normalized spacial score (nSPS) is 35.6. The molecule has 1 amide bonds. The molecule has 0 radical (unpaired) electrons. The van der Waals surface area contributed by atoms with Crippen molar-refractivity contribution in [2.75, 3.05) is 18.4 Å². The van der Waals surface area contributed by atoms with Gasteiger partial charge < -0.3 is 19.7 Å². The van der Waals surface area contributed by atoms with Crippen LogP contribution in [-0.2, 0) is 11.8 Å². The SMILES string of the molecule is CC(C)(C)[C@](C)(O)[C@H]1C[C@@]23CC[C@@]1(C)[C@@H]1Oc4c(OC(=O)Nc5ccc(C(=O)O)cn5)ccc5c4[C@@]12CCN(CC1CC1)[C@@H]3C5. The van der Waals surface area contributed by atoms with Crippen molar-refractivity contribution in [1.29, 1.82) is 0 Å². The van der Waals surface area contributed by atoms with Gasteiger partial charge in [-0.05, 0) is 99.4 Å². The van der Waals surface area contributed by atoms with Crippen molar-refractivity contribution in [2.24, 2.45) is 28.1 Å². The number of ether oxygens (including phenoxy) is 2. The third-order valence-electron chi connectivity index (χ3n) is 13.4. The summed E-state index contributed by atoms with van der Waals surface area (Å²) in [5.41, 5.74) is 0.895. The Hall–Kier alpha value is -3.17. The number of likely N-dealkylation sites (tertiary alicyclic amines) is 1. The molecule has 1 aromatic heterocycles. The van der Waals surface area contributed by atoms with Crippen LogP contribution in [0.2, 0.25) is 0 Å². The molecule has 3 N–H and O–H groups in total. The van der Waals surface area contributed by atoms with Gasteiger partial charge in [0.1, 0.15) is 11.9 Å². The monoisotopic (exact) mass is 615 g/mol. The second-order valence-corrected chi connectivity index (χ2v) is 16.4. The molecule has 1 aromatic carbocycles. The molecule has 0 unspecified atom stereocenters. The maximum absolute atomic E-state index is 13.2. The summed E-state index contributed by atoms with van der Waals surface area (Å²) in [7, 11) is 0. The van der Waals surface area contributed by atoms with Gasteiger partial charge in [0, 0.05) is 40.6 Å². The number of amides is 1. The molecule has 5 aliphatic carbocycles. The number of carbonyl (C=O) groups excluding carboxylic acids is 1. The Kier molecular flexibility index (Phi) is 5.99. The lowest BCUT2D eigenvalue weighted by Crippen LogP contribution is -2.80. The van der Waals surface area contributed by atoms with Crippen LogP contribution in [0.1, 0.15) is 94.6 Å². The third-order valence-corrected chi connectivity index (χ3v) is 13.4. The number of hydrogen-bond donors (Lipinski definition) is 3. The molecular formula is C36H45N3O6. The number of aromatic carboxylic acids is 1. The number of carboxylic acid groups (broad SMARTS) is 1. The highest BCUT2D eigenvalue weighted by molar-refractivity contribution is 5.89. The smallest absolute Gasteiger partial charge is 0.418 e. The maximum atomic E-state index is 13.2. The second kappa shape index (κ2) is 9.22. The van der Waals surface area contributed by atoms with E-state index in [4.69, 9.17) is 9.47 Å². The van der Waals surface area contributed by atoms with Crippen molar-refractivity contribution in [3.05, 3.63) is 47.2 Å². The number of carbonyl (C=O) groups is 2. The summed E-state index contributed by atoms with van der Waals surface area (Å²) in [6, 6.07) is 7.24. The highest BCUT2D eigenvalue weighted by atomic mass is 16.6. The molecule has 9 heteroatoms. The van der Waals surface area contributed by atoms with E-state index >= 15 is 0 Å². The average molecular weight is 616 g/mol. The van der Waals surface area contributed by atoms with E-state index in [9.17, 15) is 19.8 Å². The minimum absolute atomic E-state index is 0.0303. The lowest BCUT2D eigenvalue weighted by atomic mass is 9.31. The summed E-state index contributed by atoms with van der Waals surface area (Å²) in [6.07, 6.45) is 8.08. The van der Waals surface area contributed by atoms with Crippen molar-refractivity contribution in [2.45, 2.75) is 103 Å². The number of pyridine rings is 1. The van der Waals surface area contributed by atoms with Crippen LogP contribution in [0.15, 0.2) is 30.5 Å². The number of benzene rings is 1. The summed E-state index contributed by atoms with van der Waals surface area (Å²) < 4.78 is 13.1. The standard InChI is InChI=1S/C36H45N3O6/c1-32(2,3)34(5,43)24-17-35-13-12-33(24,4)30-36(35)14-15-39(19-20-6-7-20)25(35)16-21-8-10-23(28(45-30)27(21)36)44-31(42)38-26-11-9-22(18-37-26)29(40)41/h8-11,18,20,24-25,30,43H,6-7,12-17,19H2,1-5H3,(H,40,41)(H,37,38,42)/t24-,25+,30-,33+,34+,35+,36-/m0/s1. The molecule has 2 spiro atoms. The van der Waals surface area contributed by atoms with Crippen LogP contribution in [0.5, 0.6) is 11.5 Å². The molecule has 7 aliphatic rings. The van der Waals surface area contributed by atoms with Gasteiger partial charge in [-0.3, -0.25) is 10.2 Å². The second-order valence-electron chi connectivity index (χ2n) is 16.4. The molecule has 2 aliphatic heterocycles. The van der Waals surface area contributed by atoms with Gasteiger partial charge in [-0.1, -0.05) is 33.8 Å². The van der Waals surface area contributed by atoms with E-state index in [0.29, 0.717) is 17.5 Å². The quantitative estimate of drug-likeness (QED) is 0.360. The van der Waals surface area contributed by atoms with Gasteiger partial charge in [-0.2, -0.15) is 0 Å². The predicted molar refractivity (Wildman–Crippen MR) is 168 cm³/mol. The molecule has 3 heterocycles. The Balaban J connectivity index is 1.20. The largest absolute Gasteiger partial charge is 0.485 e. The molecule has 4 saturated carbocycles. The first-order chi connectivity index (χ1) is 21.2. The lowest BCUT2D eigenvalue weighted by Gasteiger charge is -2.75. The highest BCUT2D eigenvalue weighted by Crippen LogP contribution is 2.79. The topological polar surface area (TPSA) is 121 Å². The zero-order chi connectivity index (χ0) is 31.7. The molecule has 5 fully saturated rings. The number of piperidine rings is 1. The number of aromatic nitrogens is 1. The van der Waals surface area contributed by atoms with E-state index in [1.165, 1.54) is 42.3 Å². The van der Waals surface area contributed by atoms with E-state index < -0.39 is 17.7 Å². The zero-order valence-electron chi connectivity index (χ0n) is 27.0. The van der Waals surface area contributed by atoms with Gasteiger partial charge in [-0.15, -0.1) is 0 Å². The first kappa shape index (κ1) is 29.2. The van der Waals surface area contributed by atoms with Gasteiger partial charge in [0.25, 0.3) is 0 Å². The first-order valence-corrected chi connectivity index (χ1v) is 16.7. The summed E-state index contributed by atoms with van der Waals surface area (Å²) in [4.78, 5) is 31.2. The zero-order valence-corrected chi connectivity index (χ0v) is 27.0. The average Bonchev–Trinajstić information content (AvgIpc) is 3.72. The van der Waals surface area contributed by atoms with E-state index in [0.717, 1.165) is 51.1 Å². The molecule has 2 aromatic rings. The van der Waals surface area contributed by atoms with Crippen LogP contribution < -0.4 is 14.8 Å². The molecule has 45 heavy (non-hydrogen) atoms. The fourth-order valence-corrected chi connectivity index (χ4v) is 10.6. The summed E-state index contributed by atoms with van der Waals surface area (Å²) in [5.74, 6) is 1.06. The molecule has 240 valence electrons. The molecular weight excluding hydrogens is 570 g/mol. The minimum atomic E-state index is -1.08. The van der Waals surface area contributed by atoms with Crippen LogP contribution in [0.4, 0.5) is 10.6 Å². The Morgan fingerprint density at radius 3 is 2.58 bits per heavy atom. The summed E-state index contributed by atoms with van der Waals surface area (Å²) >= 11 is 0. The Morgan fingerprint density at radius 2 is 1.91 bits per heavy atom. The Labute approximate surface area is 264 Å². The first-order valence-electron chi connectivity index (χ1n) is 16.7. The molecule has 4 bridgehead atoms. The number of nitrogens with zero attached hydrogens (tertiary/aromatic N) is 2. The number of fused-ring (bicyclic) bond motifs is 2. The predicted octanol–water partition coefficient (Wildman–Crippen LogP) is 6.03. The number of carboxylic acids is 1. The van der Waals surface area contributed by atoms with Crippen molar-refractivity contribution < 1.29 is 29.3 Å². The summed E-state index contributed by atoms with van der Waals surface area (Å²) in [5, 5.41) is 24.2. The molecule has 9 nitrogen and oxygen atoms in total. The molecule has 9 rings (SSSR count).